The predicted octanol–water partition coefficient (Wildman–Crippen LogP) is 3.60. The van der Waals surface area contributed by atoms with E-state index in [2.05, 4.69) is 17.2 Å². The zero-order valence-corrected chi connectivity index (χ0v) is 17.5. The zero-order chi connectivity index (χ0) is 20.1. The van der Waals surface area contributed by atoms with Gasteiger partial charge in [0.15, 0.2) is 0 Å². The zero-order valence-electron chi connectivity index (χ0n) is 16.7. The molecule has 2 aromatic rings. The van der Waals surface area contributed by atoms with Crippen molar-refractivity contribution in [1.82, 2.24) is 10.3 Å². The first-order valence-corrected chi connectivity index (χ1v) is 11.2. The molecule has 3 atom stereocenters. The van der Waals surface area contributed by atoms with Gasteiger partial charge in [-0.3, -0.25) is 9.00 Å². The molecule has 0 saturated heterocycles. The number of aryl methyl sites for hydroxylation is 1. The van der Waals surface area contributed by atoms with Crippen LogP contribution < -0.4 is 10.1 Å². The van der Waals surface area contributed by atoms with E-state index in [0.29, 0.717) is 23.3 Å². The molecule has 1 saturated carbocycles. The van der Waals surface area contributed by atoms with Gasteiger partial charge in [0, 0.05) is 22.4 Å². The number of amides is 1. The van der Waals surface area contributed by atoms with E-state index in [-0.39, 0.29) is 23.5 Å². The molecule has 7 heteroatoms. The Morgan fingerprint density at radius 3 is 2.68 bits per heavy atom. The van der Waals surface area contributed by atoms with Crippen LogP contribution in [-0.4, -0.2) is 34.0 Å². The van der Waals surface area contributed by atoms with E-state index >= 15 is 0 Å². The third kappa shape index (κ3) is 5.22. The molecule has 1 heterocycles. The minimum atomic E-state index is -1.33. The smallest absolute Gasteiger partial charge is 0.232 e. The van der Waals surface area contributed by atoms with E-state index in [1.54, 1.807) is 14.0 Å². The highest BCUT2D eigenvalue weighted by Gasteiger charge is 2.24. The Balaban J connectivity index is 1.57. The monoisotopic (exact) mass is 404 g/mol. The maximum absolute atomic E-state index is 12.5. The highest BCUT2D eigenvalue weighted by atomic mass is 32.2. The number of hydrogen-bond acceptors (Lipinski definition) is 5. The second-order valence-electron chi connectivity index (χ2n) is 7.41. The quantitative estimate of drug-likeness (QED) is 0.762. The van der Waals surface area contributed by atoms with Crippen LogP contribution in [0.15, 0.2) is 28.7 Å². The summed E-state index contributed by atoms with van der Waals surface area (Å²) < 4.78 is 23.4. The van der Waals surface area contributed by atoms with E-state index in [9.17, 15) is 9.00 Å². The van der Waals surface area contributed by atoms with Crippen LogP contribution in [0.3, 0.4) is 0 Å². The summed E-state index contributed by atoms with van der Waals surface area (Å²) in [5.74, 6) is 2.40. The van der Waals surface area contributed by atoms with E-state index in [1.807, 2.05) is 24.3 Å². The van der Waals surface area contributed by atoms with Crippen LogP contribution in [0.5, 0.6) is 5.75 Å². The fraction of sp³-hybridized carbons (Fsp3) is 0.524. The lowest BCUT2D eigenvalue weighted by atomic mass is 9.86. The lowest BCUT2D eigenvalue weighted by Crippen LogP contribution is -2.42. The topological polar surface area (TPSA) is 81.4 Å². The molecule has 3 rings (SSSR count). The molecule has 1 amide bonds. The van der Waals surface area contributed by atoms with Gasteiger partial charge in [0.25, 0.3) is 0 Å². The average molecular weight is 405 g/mol. The van der Waals surface area contributed by atoms with Crippen LogP contribution in [-0.2, 0) is 21.3 Å². The van der Waals surface area contributed by atoms with Crippen LogP contribution in [0, 0.1) is 12.8 Å². The number of nitrogens with zero attached hydrogens (tertiary/aromatic N) is 1. The van der Waals surface area contributed by atoms with E-state index in [1.165, 1.54) is 6.42 Å². The van der Waals surface area contributed by atoms with Crippen molar-refractivity contribution >= 4 is 16.7 Å². The maximum Gasteiger partial charge on any atom is 0.232 e. The predicted molar refractivity (Wildman–Crippen MR) is 110 cm³/mol. The summed E-state index contributed by atoms with van der Waals surface area (Å²) in [6.07, 6.45) is 4.51. The van der Waals surface area contributed by atoms with Crippen LogP contribution in [0.1, 0.15) is 44.1 Å². The van der Waals surface area contributed by atoms with Crippen molar-refractivity contribution in [1.29, 1.82) is 0 Å². The summed E-state index contributed by atoms with van der Waals surface area (Å²) in [6.45, 7) is 3.97. The normalized spacial score (nSPS) is 20.5. The van der Waals surface area contributed by atoms with Gasteiger partial charge in [0.1, 0.15) is 17.3 Å². The SMILES string of the molecule is COc1ccc(-c2nc(C[S@](=O)CC(=O)N[C@H]3CCCC[C@H]3C)c(C)o2)cc1. The van der Waals surface area contributed by atoms with Crippen molar-refractivity contribution in [2.75, 3.05) is 12.9 Å². The van der Waals surface area contributed by atoms with Gasteiger partial charge in [-0.25, -0.2) is 4.98 Å². The Kier molecular flexibility index (Phi) is 6.88. The Morgan fingerprint density at radius 1 is 1.29 bits per heavy atom. The highest BCUT2D eigenvalue weighted by Crippen LogP contribution is 2.25. The fourth-order valence-electron chi connectivity index (χ4n) is 3.55. The summed E-state index contributed by atoms with van der Waals surface area (Å²) in [5, 5.41) is 3.05. The molecule has 1 aliphatic rings. The Labute approximate surface area is 168 Å². The van der Waals surface area contributed by atoms with E-state index in [0.717, 1.165) is 30.6 Å². The standard InChI is InChI=1S/C21H28N2O4S/c1-14-6-4-5-7-18(14)22-20(24)13-28(25)12-19-15(2)27-21(23-19)16-8-10-17(26-3)11-9-16/h8-11,14,18H,4-7,12-13H2,1-3H3,(H,22,24)/t14-,18+,28+/m1/s1. The number of ether oxygens (including phenoxy) is 1. The van der Waals surface area contributed by atoms with E-state index < -0.39 is 10.8 Å². The lowest BCUT2D eigenvalue weighted by molar-refractivity contribution is -0.119. The molecule has 1 aliphatic carbocycles. The third-order valence-corrected chi connectivity index (χ3v) is 6.46. The molecule has 0 aliphatic heterocycles. The first kappa shape index (κ1) is 20.6. The molecule has 0 bridgehead atoms. The van der Waals surface area contributed by atoms with Crippen LogP contribution in [0.2, 0.25) is 0 Å². The van der Waals surface area contributed by atoms with Crippen molar-refractivity contribution in [2.45, 2.75) is 51.3 Å². The van der Waals surface area contributed by atoms with Crippen molar-refractivity contribution in [3.8, 4) is 17.2 Å². The minimum Gasteiger partial charge on any atom is -0.497 e. The number of methoxy groups -OCH3 is 1. The number of benzene rings is 1. The lowest BCUT2D eigenvalue weighted by Gasteiger charge is -2.29. The second kappa shape index (κ2) is 9.37. The van der Waals surface area contributed by atoms with Crippen LogP contribution in [0.4, 0.5) is 0 Å². The summed E-state index contributed by atoms with van der Waals surface area (Å²) in [7, 11) is 0.284. The summed E-state index contributed by atoms with van der Waals surface area (Å²) in [5.41, 5.74) is 1.45. The molecule has 1 aromatic heterocycles. The molecular formula is C21H28N2O4S. The fourth-order valence-corrected chi connectivity index (χ4v) is 4.60. The number of aromatic nitrogens is 1. The Bertz CT molecular complexity index is 831. The molecule has 0 radical (unpaired) electrons. The van der Waals surface area contributed by atoms with Gasteiger partial charge in [0.05, 0.1) is 18.6 Å². The summed E-state index contributed by atoms with van der Waals surface area (Å²) >= 11 is 0. The van der Waals surface area contributed by atoms with Crippen LogP contribution >= 0.6 is 0 Å². The largest absolute Gasteiger partial charge is 0.497 e. The van der Waals surface area contributed by atoms with Crippen molar-refractivity contribution in [2.24, 2.45) is 5.92 Å². The number of rotatable bonds is 7. The van der Waals surface area contributed by atoms with Crippen molar-refractivity contribution in [3.63, 3.8) is 0 Å². The number of nitrogens with one attached hydrogen (secondary N) is 1. The number of carbonyl (C=O) groups excluding carboxylic acids is 1. The molecule has 1 aromatic carbocycles. The molecule has 0 unspecified atom stereocenters. The maximum atomic E-state index is 12.5. The number of carbonyl (C=O) groups is 1. The molecule has 1 N–H and O–H groups in total. The summed E-state index contributed by atoms with van der Waals surface area (Å²) in [4.78, 5) is 16.7. The molecule has 1 fully saturated rings. The molecule has 152 valence electrons. The van der Waals surface area contributed by atoms with Gasteiger partial charge < -0.3 is 14.5 Å². The highest BCUT2D eigenvalue weighted by molar-refractivity contribution is 7.84. The van der Waals surface area contributed by atoms with Gasteiger partial charge in [-0.1, -0.05) is 19.8 Å². The number of oxazole rings is 1. The Morgan fingerprint density at radius 2 is 2.00 bits per heavy atom. The molecule has 6 nitrogen and oxygen atoms in total. The van der Waals surface area contributed by atoms with Gasteiger partial charge in [0.2, 0.25) is 11.8 Å². The van der Waals surface area contributed by atoms with Gasteiger partial charge >= 0.3 is 0 Å². The van der Waals surface area contributed by atoms with Gasteiger partial charge in [-0.05, 0) is 49.9 Å². The minimum absolute atomic E-state index is 0.00656. The second-order valence-corrected chi connectivity index (χ2v) is 8.87. The first-order chi connectivity index (χ1) is 13.5. The van der Waals surface area contributed by atoms with Gasteiger partial charge in [-0.2, -0.15) is 0 Å². The van der Waals surface area contributed by atoms with Crippen molar-refractivity contribution in [3.05, 3.63) is 35.7 Å². The molecular weight excluding hydrogens is 376 g/mol. The number of hydrogen-bond donors (Lipinski definition) is 1. The molecule has 0 spiro atoms. The van der Waals surface area contributed by atoms with Crippen LogP contribution in [0.25, 0.3) is 11.5 Å². The molecule has 28 heavy (non-hydrogen) atoms. The van der Waals surface area contributed by atoms with E-state index in [4.69, 9.17) is 9.15 Å². The third-order valence-electron chi connectivity index (χ3n) is 5.28. The average Bonchev–Trinajstić information content (AvgIpc) is 3.04. The first-order valence-electron chi connectivity index (χ1n) is 9.71. The summed E-state index contributed by atoms with van der Waals surface area (Å²) in [6, 6.07) is 7.61. The van der Waals surface area contributed by atoms with Gasteiger partial charge in [-0.15, -0.1) is 0 Å². The van der Waals surface area contributed by atoms with Crippen molar-refractivity contribution < 1.29 is 18.2 Å². The Hall–Kier alpha value is -2.15.